The molecule has 1 N–H and O–H groups in total. The van der Waals surface area contributed by atoms with Crippen molar-refractivity contribution < 1.29 is 28.5 Å². The Morgan fingerprint density at radius 1 is 0.833 bits per heavy atom. The fourth-order valence-electron chi connectivity index (χ4n) is 5.15. The molecule has 0 bridgehead atoms. The molecule has 0 aliphatic heterocycles. The standard InChI is InChI=1S/C34H33N2O6/c1-4-35-33(37)22-41-24-15-13-23(14-16-24)20-36(31-18-17-25(39-2)19-32(31)40-3)34(38)42-21-30-28-11-7-5-9-26(28)27-10-6-8-12-29(27)30/h4-19,30H,20-22H2,1-3H3,(H,35,37). The van der Waals surface area contributed by atoms with E-state index in [1.165, 1.54) is 0 Å². The van der Waals surface area contributed by atoms with Gasteiger partial charge in [0, 0.05) is 18.5 Å². The van der Waals surface area contributed by atoms with Crippen molar-refractivity contribution in [3.8, 4) is 28.4 Å². The summed E-state index contributed by atoms with van der Waals surface area (Å²) in [7, 11) is 3.12. The van der Waals surface area contributed by atoms with Gasteiger partial charge < -0.3 is 24.3 Å². The summed E-state index contributed by atoms with van der Waals surface area (Å²) in [5.74, 6) is 1.31. The Hall–Kier alpha value is -4.98. The first-order valence-electron chi connectivity index (χ1n) is 13.7. The number of rotatable bonds is 11. The molecular weight excluding hydrogens is 532 g/mol. The van der Waals surface area contributed by atoms with Crippen molar-refractivity contribution in [1.29, 1.82) is 0 Å². The number of carbonyl (C=O) groups excluding carboxylic acids is 2. The summed E-state index contributed by atoms with van der Waals surface area (Å²) in [6.45, 7) is 3.59. The highest BCUT2D eigenvalue weighted by Crippen LogP contribution is 2.44. The minimum Gasteiger partial charge on any atom is -0.497 e. The zero-order valence-corrected chi connectivity index (χ0v) is 23.8. The zero-order chi connectivity index (χ0) is 29.5. The molecule has 4 aromatic carbocycles. The molecule has 8 heteroatoms. The second-order valence-corrected chi connectivity index (χ2v) is 9.72. The van der Waals surface area contributed by atoms with Crippen LogP contribution < -0.4 is 24.4 Å². The molecule has 0 saturated carbocycles. The molecule has 42 heavy (non-hydrogen) atoms. The molecule has 0 heterocycles. The van der Waals surface area contributed by atoms with E-state index in [1.54, 1.807) is 62.9 Å². The smallest absolute Gasteiger partial charge is 0.414 e. The first-order chi connectivity index (χ1) is 20.5. The minimum absolute atomic E-state index is 0.0695. The molecule has 5 rings (SSSR count). The lowest BCUT2D eigenvalue weighted by molar-refractivity contribution is -0.122. The van der Waals surface area contributed by atoms with Crippen LogP contribution >= 0.6 is 0 Å². The number of fused-ring (bicyclic) bond motifs is 3. The molecule has 1 aliphatic carbocycles. The van der Waals surface area contributed by atoms with E-state index in [1.807, 2.05) is 36.4 Å². The van der Waals surface area contributed by atoms with Gasteiger partial charge in [-0.1, -0.05) is 60.7 Å². The minimum atomic E-state index is -0.506. The Balaban J connectivity index is 1.37. The quantitative estimate of drug-likeness (QED) is 0.229. The van der Waals surface area contributed by atoms with Crippen molar-refractivity contribution in [2.45, 2.75) is 19.4 Å². The van der Waals surface area contributed by atoms with E-state index >= 15 is 0 Å². The van der Waals surface area contributed by atoms with E-state index in [-0.39, 0.29) is 31.6 Å². The van der Waals surface area contributed by atoms with Crippen LogP contribution in [0, 0.1) is 6.54 Å². The van der Waals surface area contributed by atoms with Crippen LogP contribution in [0.15, 0.2) is 91.0 Å². The number of hydrogen-bond donors (Lipinski definition) is 1. The summed E-state index contributed by atoms with van der Waals surface area (Å²) >= 11 is 0. The van der Waals surface area contributed by atoms with E-state index in [4.69, 9.17) is 18.9 Å². The number of anilines is 1. The number of nitrogens with one attached hydrogen (secondary N) is 1. The molecule has 1 radical (unpaired) electrons. The largest absolute Gasteiger partial charge is 0.497 e. The number of carbonyl (C=O) groups is 2. The van der Waals surface area contributed by atoms with Crippen molar-refractivity contribution >= 4 is 17.7 Å². The maximum atomic E-state index is 13.8. The number of methoxy groups -OCH3 is 2. The number of ether oxygens (including phenoxy) is 4. The van der Waals surface area contributed by atoms with Gasteiger partial charge in [-0.25, -0.2) is 4.79 Å². The lowest BCUT2D eigenvalue weighted by Gasteiger charge is -2.25. The summed E-state index contributed by atoms with van der Waals surface area (Å²) in [6, 6.07) is 29.0. The van der Waals surface area contributed by atoms with Gasteiger partial charge in [-0.2, -0.15) is 0 Å². The third kappa shape index (κ3) is 6.17. The summed E-state index contributed by atoms with van der Waals surface area (Å²) in [5, 5.41) is 2.58. The molecule has 0 spiro atoms. The highest BCUT2D eigenvalue weighted by molar-refractivity contribution is 5.90. The van der Waals surface area contributed by atoms with Crippen molar-refractivity contribution in [3.05, 3.63) is 114 Å². The maximum absolute atomic E-state index is 13.8. The van der Waals surface area contributed by atoms with Gasteiger partial charge in [0.1, 0.15) is 23.9 Å². The SMILES string of the molecule is C[CH]NC(=O)COc1ccc(CN(C(=O)OCC2c3ccccc3-c3ccccc32)c2ccc(OC)cc2OC)cc1. The second kappa shape index (κ2) is 13.1. The van der Waals surface area contributed by atoms with Gasteiger partial charge in [-0.15, -0.1) is 0 Å². The Labute approximate surface area is 245 Å². The van der Waals surface area contributed by atoms with Gasteiger partial charge in [0.05, 0.1) is 26.5 Å². The molecule has 0 saturated heterocycles. The first kappa shape index (κ1) is 28.5. The van der Waals surface area contributed by atoms with Gasteiger partial charge in [-0.3, -0.25) is 9.69 Å². The van der Waals surface area contributed by atoms with Gasteiger partial charge in [0.25, 0.3) is 5.91 Å². The summed E-state index contributed by atoms with van der Waals surface area (Å²) in [4.78, 5) is 27.1. The Bertz CT molecular complexity index is 1510. The van der Waals surface area contributed by atoms with Crippen molar-refractivity contribution in [2.75, 3.05) is 32.3 Å². The van der Waals surface area contributed by atoms with E-state index in [2.05, 4.69) is 29.6 Å². The third-order valence-electron chi connectivity index (χ3n) is 7.17. The summed E-state index contributed by atoms with van der Waals surface area (Å²) in [6.07, 6.45) is -0.506. The topological polar surface area (TPSA) is 86.3 Å². The van der Waals surface area contributed by atoms with Crippen LogP contribution in [0.2, 0.25) is 0 Å². The van der Waals surface area contributed by atoms with Crippen LogP contribution in [0.25, 0.3) is 11.1 Å². The molecule has 215 valence electrons. The summed E-state index contributed by atoms with van der Waals surface area (Å²) in [5.41, 5.74) is 5.98. The van der Waals surface area contributed by atoms with Crippen LogP contribution in [-0.2, 0) is 16.1 Å². The second-order valence-electron chi connectivity index (χ2n) is 9.72. The Kier molecular flexibility index (Phi) is 8.92. The predicted molar refractivity (Wildman–Crippen MR) is 161 cm³/mol. The van der Waals surface area contributed by atoms with Gasteiger partial charge in [0.15, 0.2) is 6.61 Å². The van der Waals surface area contributed by atoms with E-state index in [0.29, 0.717) is 22.9 Å². The van der Waals surface area contributed by atoms with Crippen molar-refractivity contribution in [3.63, 3.8) is 0 Å². The lowest BCUT2D eigenvalue weighted by Crippen LogP contribution is -2.32. The number of benzene rings is 4. The van der Waals surface area contributed by atoms with Gasteiger partial charge in [-0.05, 0) is 59.0 Å². The number of hydrogen-bond acceptors (Lipinski definition) is 6. The van der Waals surface area contributed by atoms with E-state index in [9.17, 15) is 9.59 Å². The third-order valence-corrected chi connectivity index (χ3v) is 7.17. The highest BCUT2D eigenvalue weighted by atomic mass is 16.6. The zero-order valence-electron chi connectivity index (χ0n) is 23.8. The molecule has 0 aromatic heterocycles. The Morgan fingerprint density at radius 3 is 2.10 bits per heavy atom. The predicted octanol–water partition coefficient (Wildman–Crippen LogP) is 6.34. The Morgan fingerprint density at radius 2 is 1.48 bits per heavy atom. The fraction of sp³-hybridized carbons (Fsp3) is 0.206. The summed E-state index contributed by atoms with van der Waals surface area (Å²) < 4.78 is 22.6. The van der Waals surface area contributed by atoms with E-state index < -0.39 is 6.09 Å². The fourth-order valence-corrected chi connectivity index (χ4v) is 5.15. The van der Waals surface area contributed by atoms with E-state index in [0.717, 1.165) is 27.8 Å². The van der Waals surface area contributed by atoms with Crippen molar-refractivity contribution in [1.82, 2.24) is 5.32 Å². The number of nitrogens with zero attached hydrogens (tertiary/aromatic N) is 1. The normalized spacial score (nSPS) is 11.7. The average molecular weight is 566 g/mol. The molecule has 8 nitrogen and oxygen atoms in total. The van der Waals surface area contributed by atoms with Crippen LogP contribution in [-0.4, -0.2) is 39.4 Å². The van der Waals surface area contributed by atoms with Crippen molar-refractivity contribution in [2.24, 2.45) is 0 Å². The molecule has 2 amide bonds. The van der Waals surface area contributed by atoms with Gasteiger partial charge in [0.2, 0.25) is 0 Å². The monoisotopic (exact) mass is 565 g/mol. The van der Waals surface area contributed by atoms with Crippen LogP contribution in [0.3, 0.4) is 0 Å². The lowest BCUT2D eigenvalue weighted by atomic mass is 9.98. The maximum Gasteiger partial charge on any atom is 0.414 e. The van der Waals surface area contributed by atoms with Gasteiger partial charge >= 0.3 is 6.09 Å². The number of amides is 2. The molecule has 4 aromatic rings. The first-order valence-corrected chi connectivity index (χ1v) is 13.7. The molecule has 0 unspecified atom stereocenters. The van der Waals surface area contributed by atoms with Crippen LogP contribution in [0.5, 0.6) is 17.2 Å². The molecule has 1 aliphatic rings. The van der Waals surface area contributed by atoms with Crippen LogP contribution in [0.4, 0.5) is 10.5 Å². The molecule has 0 fully saturated rings. The molecular formula is C34H33N2O6. The average Bonchev–Trinajstić information content (AvgIpc) is 3.35. The molecule has 0 atom stereocenters. The van der Waals surface area contributed by atoms with Crippen LogP contribution in [0.1, 0.15) is 29.5 Å². The highest BCUT2D eigenvalue weighted by Gasteiger charge is 2.30.